The molecule has 8 heteroatoms. The van der Waals surface area contributed by atoms with E-state index in [0.717, 1.165) is 25.0 Å². The molecule has 0 bridgehead atoms. The number of nitrogens with two attached hydrogens (primary N) is 1. The molecule has 0 spiro atoms. The molecule has 1 aliphatic carbocycles. The maximum absolute atomic E-state index is 13.8. The molecule has 0 aliphatic heterocycles. The number of halogens is 1. The van der Waals surface area contributed by atoms with Crippen LogP contribution in [0.15, 0.2) is 23.1 Å². The second kappa shape index (κ2) is 5.36. The first-order valence-electron chi connectivity index (χ1n) is 6.52. The predicted molar refractivity (Wildman–Crippen MR) is 76.6 cm³/mol. The number of benzene rings is 1. The van der Waals surface area contributed by atoms with Crippen LogP contribution in [0.4, 0.5) is 10.1 Å². The summed E-state index contributed by atoms with van der Waals surface area (Å²) < 4.78 is 40.2. The Morgan fingerprint density at radius 2 is 2.00 bits per heavy atom. The van der Waals surface area contributed by atoms with Crippen molar-refractivity contribution in [1.82, 2.24) is 4.72 Å². The highest BCUT2D eigenvalue weighted by Crippen LogP contribution is 2.25. The average Bonchev–Trinajstić information content (AvgIpc) is 3.13. The molecule has 4 N–H and O–H groups in total. The number of nitrogens with one attached hydrogen (secondary N) is 2. The van der Waals surface area contributed by atoms with Gasteiger partial charge in [0.05, 0.1) is 5.54 Å². The fourth-order valence-corrected chi connectivity index (χ4v) is 2.97. The van der Waals surface area contributed by atoms with Crippen LogP contribution < -0.4 is 15.8 Å². The van der Waals surface area contributed by atoms with Gasteiger partial charge in [-0.2, -0.15) is 0 Å². The largest absolute Gasteiger partial charge is 0.324 e. The van der Waals surface area contributed by atoms with Crippen LogP contribution in [0.25, 0.3) is 0 Å². The van der Waals surface area contributed by atoms with Crippen LogP contribution in [0.2, 0.25) is 0 Å². The summed E-state index contributed by atoms with van der Waals surface area (Å²) in [5, 5.41) is 2.47. The number of hydrogen-bond donors (Lipinski definition) is 3. The van der Waals surface area contributed by atoms with Gasteiger partial charge in [-0.15, -0.1) is 0 Å². The van der Waals surface area contributed by atoms with Gasteiger partial charge in [-0.05, 0) is 44.9 Å². The van der Waals surface area contributed by atoms with Gasteiger partial charge in [0, 0.05) is 11.7 Å². The van der Waals surface area contributed by atoms with Crippen molar-refractivity contribution in [3.05, 3.63) is 24.0 Å². The van der Waals surface area contributed by atoms with Crippen molar-refractivity contribution in [1.29, 1.82) is 0 Å². The molecule has 21 heavy (non-hydrogen) atoms. The normalized spacial score (nSPS) is 15.8. The molecule has 0 radical (unpaired) electrons. The first-order chi connectivity index (χ1) is 9.59. The van der Waals surface area contributed by atoms with E-state index in [4.69, 9.17) is 5.73 Å². The van der Waals surface area contributed by atoms with Crippen molar-refractivity contribution in [2.75, 3.05) is 5.32 Å². The number of sulfonamides is 1. The van der Waals surface area contributed by atoms with Crippen molar-refractivity contribution < 1.29 is 17.6 Å². The van der Waals surface area contributed by atoms with Crippen LogP contribution in [0.5, 0.6) is 0 Å². The zero-order valence-corrected chi connectivity index (χ0v) is 12.6. The number of carbonyl (C=O) groups excluding carboxylic acids is 1. The van der Waals surface area contributed by atoms with Crippen LogP contribution >= 0.6 is 0 Å². The first-order valence-corrected chi connectivity index (χ1v) is 8.00. The maximum Gasteiger partial charge on any atom is 0.243 e. The minimum atomic E-state index is -3.93. The Balaban J connectivity index is 2.27. The summed E-state index contributed by atoms with van der Waals surface area (Å²) in [5.74, 6) is -1.36. The summed E-state index contributed by atoms with van der Waals surface area (Å²) in [6, 6.07) is 3.25. The fraction of sp³-hybridized carbons (Fsp3) is 0.462. The fourth-order valence-electron chi connectivity index (χ4n) is 1.56. The second-order valence-electron chi connectivity index (χ2n) is 5.72. The second-order valence-corrected chi connectivity index (χ2v) is 7.40. The Bertz CT molecular complexity index is 664. The third-order valence-electron chi connectivity index (χ3n) is 2.96. The minimum Gasteiger partial charge on any atom is -0.324 e. The lowest BCUT2D eigenvalue weighted by atomic mass is 10.1. The van der Waals surface area contributed by atoms with Gasteiger partial charge < -0.3 is 11.1 Å². The van der Waals surface area contributed by atoms with Crippen molar-refractivity contribution in [2.45, 2.75) is 43.2 Å². The van der Waals surface area contributed by atoms with E-state index in [1.54, 1.807) is 0 Å². The Morgan fingerprint density at radius 3 is 2.52 bits per heavy atom. The van der Waals surface area contributed by atoms with Gasteiger partial charge in [0.1, 0.15) is 10.7 Å². The Morgan fingerprint density at radius 1 is 1.38 bits per heavy atom. The molecule has 1 aliphatic rings. The Hall–Kier alpha value is -1.51. The molecule has 1 amide bonds. The molecule has 116 valence electrons. The summed E-state index contributed by atoms with van der Waals surface area (Å²) in [5.41, 5.74) is 4.69. The number of anilines is 1. The average molecular weight is 315 g/mol. The summed E-state index contributed by atoms with van der Waals surface area (Å²) in [6.45, 7) is 3.02. The lowest BCUT2D eigenvalue weighted by Crippen LogP contribution is -2.45. The highest BCUT2D eigenvalue weighted by atomic mass is 32.2. The summed E-state index contributed by atoms with van der Waals surface area (Å²) in [6.07, 6.45) is 1.50. The van der Waals surface area contributed by atoms with Crippen LogP contribution in [0.1, 0.15) is 26.7 Å². The lowest BCUT2D eigenvalue weighted by molar-refractivity contribution is -0.120. The standard InChI is InChI=1S/C13H18FN3O3S/c1-13(2,15)12(18)16-9-5-6-10(14)11(7-9)21(19,20)17-8-3-4-8/h5-8,17H,3-4,15H2,1-2H3,(H,16,18). The molecule has 1 fully saturated rings. The molecule has 0 aromatic heterocycles. The van der Waals surface area contributed by atoms with Gasteiger partial charge in [0.15, 0.2) is 0 Å². The van der Waals surface area contributed by atoms with E-state index in [1.165, 1.54) is 19.9 Å². The molecular weight excluding hydrogens is 297 g/mol. The molecule has 1 aromatic carbocycles. The lowest BCUT2D eigenvalue weighted by Gasteiger charge is -2.18. The maximum atomic E-state index is 13.8. The van der Waals surface area contributed by atoms with Crippen LogP contribution in [-0.2, 0) is 14.8 Å². The van der Waals surface area contributed by atoms with Gasteiger partial charge in [-0.25, -0.2) is 17.5 Å². The zero-order chi connectivity index (χ0) is 15.8. The Labute approximate surface area is 123 Å². The van der Waals surface area contributed by atoms with Crippen LogP contribution in [0.3, 0.4) is 0 Å². The monoisotopic (exact) mass is 315 g/mol. The van der Waals surface area contributed by atoms with Crippen molar-refractivity contribution >= 4 is 21.6 Å². The number of carbonyl (C=O) groups is 1. The van der Waals surface area contributed by atoms with E-state index in [0.29, 0.717) is 0 Å². The van der Waals surface area contributed by atoms with Crippen LogP contribution in [-0.4, -0.2) is 25.9 Å². The quantitative estimate of drug-likeness (QED) is 0.752. The van der Waals surface area contributed by atoms with E-state index in [2.05, 4.69) is 10.0 Å². The highest BCUT2D eigenvalue weighted by molar-refractivity contribution is 7.89. The first kappa shape index (κ1) is 15.9. The van der Waals surface area contributed by atoms with Gasteiger partial charge in [0.2, 0.25) is 15.9 Å². The van der Waals surface area contributed by atoms with Gasteiger partial charge in [-0.1, -0.05) is 0 Å². The van der Waals surface area contributed by atoms with E-state index in [9.17, 15) is 17.6 Å². The van der Waals surface area contributed by atoms with Crippen molar-refractivity contribution in [3.8, 4) is 0 Å². The molecule has 6 nitrogen and oxygen atoms in total. The number of amides is 1. The molecular formula is C13H18FN3O3S. The van der Waals surface area contributed by atoms with E-state index >= 15 is 0 Å². The van der Waals surface area contributed by atoms with Gasteiger partial charge in [0.25, 0.3) is 0 Å². The topological polar surface area (TPSA) is 101 Å². The van der Waals surface area contributed by atoms with Gasteiger partial charge >= 0.3 is 0 Å². The van der Waals surface area contributed by atoms with E-state index in [-0.39, 0.29) is 11.7 Å². The molecule has 0 atom stereocenters. The van der Waals surface area contributed by atoms with Crippen LogP contribution in [0, 0.1) is 5.82 Å². The molecule has 1 aromatic rings. The summed E-state index contributed by atoms with van der Waals surface area (Å²) >= 11 is 0. The third-order valence-corrected chi connectivity index (χ3v) is 4.50. The van der Waals surface area contributed by atoms with E-state index in [1.807, 2.05) is 0 Å². The van der Waals surface area contributed by atoms with Crippen molar-refractivity contribution in [2.24, 2.45) is 5.73 Å². The molecule has 0 saturated heterocycles. The summed E-state index contributed by atoms with van der Waals surface area (Å²) in [7, 11) is -3.93. The van der Waals surface area contributed by atoms with Crippen molar-refractivity contribution in [3.63, 3.8) is 0 Å². The summed E-state index contributed by atoms with van der Waals surface area (Å²) in [4.78, 5) is 11.3. The molecule has 2 rings (SSSR count). The Kier molecular flexibility index (Phi) is 4.05. The third kappa shape index (κ3) is 3.99. The highest BCUT2D eigenvalue weighted by Gasteiger charge is 2.30. The SMILES string of the molecule is CC(C)(N)C(=O)Nc1ccc(F)c(S(=O)(=O)NC2CC2)c1. The smallest absolute Gasteiger partial charge is 0.243 e. The minimum absolute atomic E-state index is 0.129. The van der Waals surface area contributed by atoms with E-state index < -0.39 is 32.2 Å². The molecule has 1 saturated carbocycles. The number of hydrogen-bond acceptors (Lipinski definition) is 4. The zero-order valence-electron chi connectivity index (χ0n) is 11.8. The van der Waals surface area contributed by atoms with Gasteiger partial charge in [-0.3, -0.25) is 4.79 Å². The number of rotatable bonds is 5. The predicted octanol–water partition coefficient (Wildman–Crippen LogP) is 0.942. The molecule has 0 heterocycles. The molecule has 0 unspecified atom stereocenters.